The summed E-state index contributed by atoms with van der Waals surface area (Å²) in [6.07, 6.45) is 5.30. The third kappa shape index (κ3) is 4.16. The van der Waals surface area contributed by atoms with Crippen molar-refractivity contribution in [2.24, 2.45) is 5.92 Å². The van der Waals surface area contributed by atoms with Crippen LogP contribution in [0.1, 0.15) is 29.8 Å². The number of carbonyl (C=O) groups is 1. The molecule has 0 aliphatic carbocycles. The Balaban J connectivity index is 1.63. The third-order valence-corrected chi connectivity index (χ3v) is 6.35. The first-order valence-corrected chi connectivity index (χ1v) is 10.6. The molecule has 0 atom stereocenters. The van der Waals surface area contributed by atoms with Crippen LogP contribution >= 0.6 is 0 Å². The van der Waals surface area contributed by atoms with Crippen LogP contribution in [0.4, 0.5) is 5.69 Å². The molecule has 0 spiro atoms. The minimum atomic E-state index is -3.20. The van der Waals surface area contributed by atoms with Crippen molar-refractivity contribution in [2.75, 3.05) is 24.7 Å². The average molecular weight is 392 g/mol. The molecule has 0 radical (unpaired) electrons. The topological polar surface area (TPSA) is 110 Å². The number of aromatic nitrogens is 4. The number of carbonyl (C=O) groups excluding carboxylic acids is 1. The standard InChI is InChI=1S/C17H24N6O3S/c1-11-12(2)21-23(13(11)3)17-18-9-15(10-19-17)20-16(24)14-5-7-22(8-6-14)27(4,25)26/h9-10,14H,5-8H2,1-4H3,(H,20,24). The summed E-state index contributed by atoms with van der Waals surface area (Å²) in [6, 6.07) is 0. The van der Waals surface area contributed by atoms with Crippen LogP contribution in [-0.4, -0.2) is 57.7 Å². The van der Waals surface area contributed by atoms with Gasteiger partial charge in [0.2, 0.25) is 15.9 Å². The van der Waals surface area contributed by atoms with Crippen LogP contribution in [0.2, 0.25) is 0 Å². The van der Waals surface area contributed by atoms with Gasteiger partial charge in [-0.25, -0.2) is 27.4 Å². The molecule has 27 heavy (non-hydrogen) atoms. The summed E-state index contributed by atoms with van der Waals surface area (Å²) in [5.41, 5.74) is 3.50. The smallest absolute Gasteiger partial charge is 0.250 e. The molecule has 1 amide bonds. The van der Waals surface area contributed by atoms with Crippen molar-refractivity contribution in [2.45, 2.75) is 33.6 Å². The van der Waals surface area contributed by atoms with Gasteiger partial charge in [-0.1, -0.05) is 0 Å². The number of hydrogen-bond acceptors (Lipinski definition) is 6. The van der Waals surface area contributed by atoms with E-state index in [-0.39, 0.29) is 11.8 Å². The second-order valence-corrected chi connectivity index (χ2v) is 8.89. The molecular weight excluding hydrogens is 368 g/mol. The molecule has 9 nitrogen and oxygen atoms in total. The normalized spacial score (nSPS) is 16.4. The van der Waals surface area contributed by atoms with E-state index in [9.17, 15) is 13.2 Å². The molecule has 1 N–H and O–H groups in total. The van der Waals surface area contributed by atoms with Crippen molar-refractivity contribution < 1.29 is 13.2 Å². The van der Waals surface area contributed by atoms with Crippen molar-refractivity contribution in [3.63, 3.8) is 0 Å². The average Bonchev–Trinajstić information content (AvgIpc) is 2.89. The lowest BCUT2D eigenvalue weighted by molar-refractivity contribution is -0.120. The highest BCUT2D eigenvalue weighted by atomic mass is 32.2. The van der Waals surface area contributed by atoms with Crippen LogP contribution in [0.5, 0.6) is 0 Å². The number of amides is 1. The summed E-state index contributed by atoms with van der Waals surface area (Å²) in [4.78, 5) is 21.0. The van der Waals surface area contributed by atoms with E-state index in [0.717, 1.165) is 17.0 Å². The van der Waals surface area contributed by atoms with E-state index < -0.39 is 10.0 Å². The van der Waals surface area contributed by atoms with Gasteiger partial charge in [0.1, 0.15) is 0 Å². The largest absolute Gasteiger partial charge is 0.323 e. The number of nitrogens with one attached hydrogen (secondary N) is 1. The summed E-state index contributed by atoms with van der Waals surface area (Å²) in [7, 11) is -3.20. The molecule has 0 aromatic carbocycles. The monoisotopic (exact) mass is 392 g/mol. The zero-order valence-corrected chi connectivity index (χ0v) is 16.7. The molecule has 0 bridgehead atoms. The van der Waals surface area contributed by atoms with Crippen molar-refractivity contribution in [3.05, 3.63) is 29.3 Å². The van der Waals surface area contributed by atoms with Gasteiger partial charge >= 0.3 is 0 Å². The van der Waals surface area contributed by atoms with Crippen molar-refractivity contribution >= 4 is 21.6 Å². The van der Waals surface area contributed by atoms with E-state index in [1.807, 2.05) is 20.8 Å². The van der Waals surface area contributed by atoms with Gasteiger partial charge in [0.15, 0.2) is 0 Å². The molecule has 1 aliphatic heterocycles. The Kier molecular flexibility index (Phi) is 5.29. The molecule has 0 unspecified atom stereocenters. The SMILES string of the molecule is Cc1nn(-c2ncc(NC(=O)C3CCN(S(C)(=O)=O)CC3)cn2)c(C)c1C. The number of piperidine rings is 1. The molecular formula is C17H24N6O3S. The van der Waals surface area contributed by atoms with Gasteiger partial charge < -0.3 is 5.32 Å². The maximum atomic E-state index is 12.4. The van der Waals surface area contributed by atoms with Gasteiger partial charge in [-0.15, -0.1) is 0 Å². The summed E-state index contributed by atoms with van der Waals surface area (Å²) in [5, 5.41) is 7.24. The first kappa shape index (κ1) is 19.4. The van der Waals surface area contributed by atoms with E-state index in [4.69, 9.17) is 0 Å². The van der Waals surface area contributed by atoms with Gasteiger partial charge in [-0.3, -0.25) is 4.79 Å². The Morgan fingerprint density at radius 1 is 1.15 bits per heavy atom. The number of aryl methyl sites for hydroxylation is 1. The zero-order chi connectivity index (χ0) is 19.8. The minimum absolute atomic E-state index is 0.138. The van der Waals surface area contributed by atoms with Gasteiger partial charge in [-0.05, 0) is 39.2 Å². The fraction of sp³-hybridized carbons (Fsp3) is 0.529. The predicted molar refractivity (Wildman–Crippen MR) is 101 cm³/mol. The van der Waals surface area contributed by atoms with E-state index in [0.29, 0.717) is 37.6 Å². The second kappa shape index (κ2) is 7.35. The van der Waals surface area contributed by atoms with E-state index in [1.165, 1.54) is 10.6 Å². The molecule has 3 rings (SSSR count). The fourth-order valence-corrected chi connectivity index (χ4v) is 3.98. The third-order valence-electron chi connectivity index (χ3n) is 5.04. The van der Waals surface area contributed by atoms with Crippen LogP contribution < -0.4 is 5.32 Å². The molecule has 10 heteroatoms. The summed E-state index contributed by atoms with van der Waals surface area (Å²) < 4.78 is 26.2. The van der Waals surface area contributed by atoms with Crippen molar-refractivity contribution in [1.29, 1.82) is 0 Å². The lowest BCUT2D eigenvalue weighted by Gasteiger charge is -2.29. The quantitative estimate of drug-likeness (QED) is 0.837. The first-order chi connectivity index (χ1) is 12.7. The Morgan fingerprint density at radius 2 is 1.74 bits per heavy atom. The Morgan fingerprint density at radius 3 is 2.22 bits per heavy atom. The van der Waals surface area contributed by atoms with E-state index in [1.54, 1.807) is 17.1 Å². The highest BCUT2D eigenvalue weighted by molar-refractivity contribution is 7.88. The highest BCUT2D eigenvalue weighted by Crippen LogP contribution is 2.21. The second-order valence-electron chi connectivity index (χ2n) is 6.90. The molecule has 0 saturated carbocycles. The number of hydrogen-bond donors (Lipinski definition) is 1. The maximum absolute atomic E-state index is 12.4. The first-order valence-electron chi connectivity index (χ1n) is 8.78. The number of sulfonamides is 1. The van der Waals surface area contributed by atoms with Gasteiger partial charge in [-0.2, -0.15) is 5.10 Å². The number of rotatable bonds is 4. The summed E-state index contributed by atoms with van der Waals surface area (Å²) in [6.45, 7) is 6.62. The van der Waals surface area contributed by atoms with Gasteiger partial charge in [0.25, 0.3) is 5.95 Å². The zero-order valence-electron chi connectivity index (χ0n) is 15.9. The van der Waals surface area contributed by atoms with E-state index in [2.05, 4.69) is 20.4 Å². The lowest BCUT2D eigenvalue weighted by atomic mass is 9.97. The molecule has 2 aromatic rings. The van der Waals surface area contributed by atoms with Crippen LogP contribution in [0.3, 0.4) is 0 Å². The lowest BCUT2D eigenvalue weighted by Crippen LogP contribution is -2.40. The van der Waals surface area contributed by atoms with Gasteiger partial charge in [0, 0.05) is 24.7 Å². The highest BCUT2D eigenvalue weighted by Gasteiger charge is 2.29. The van der Waals surface area contributed by atoms with Gasteiger partial charge in [0.05, 0.1) is 30.0 Å². The maximum Gasteiger partial charge on any atom is 0.250 e. The van der Waals surface area contributed by atoms with Crippen molar-refractivity contribution in [1.82, 2.24) is 24.1 Å². The van der Waals surface area contributed by atoms with Crippen LogP contribution in [-0.2, 0) is 14.8 Å². The molecule has 1 saturated heterocycles. The summed E-state index contributed by atoms with van der Waals surface area (Å²) >= 11 is 0. The van der Waals surface area contributed by atoms with Crippen LogP contribution in [0, 0.1) is 26.7 Å². The molecule has 2 aromatic heterocycles. The Bertz CT molecular complexity index is 944. The minimum Gasteiger partial charge on any atom is -0.323 e. The van der Waals surface area contributed by atoms with Crippen LogP contribution in [0.15, 0.2) is 12.4 Å². The molecule has 146 valence electrons. The van der Waals surface area contributed by atoms with Crippen LogP contribution in [0.25, 0.3) is 5.95 Å². The summed E-state index contributed by atoms with van der Waals surface area (Å²) in [5.74, 6) is 0.0888. The Labute approximate surface area is 158 Å². The predicted octanol–water partition coefficient (Wildman–Crippen LogP) is 1.20. The molecule has 1 fully saturated rings. The number of nitrogens with zero attached hydrogens (tertiary/aromatic N) is 5. The van der Waals surface area contributed by atoms with Crippen molar-refractivity contribution in [3.8, 4) is 5.95 Å². The fourth-order valence-electron chi connectivity index (χ4n) is 3.10. The van der Waals surface area contributed by atoms with E-state index >= 15 is 0 Å². The Hall–Kier alpha value is -2.33. The molecule has 1 aliphatic rings. The number of anilines is 1. The molecule has 3 heterocycles.